The van der Waals surface area contributed by atoms with E-state index in [0.29, 0.717) is 61.3 Å². The van der Waals surface area contributed by atoms with Crippen molar-refractivity contribution in [2.45, 2.75) is 90.9 Å². The number of nitrogens with two attached hydrogens (primary N) is 5. The van der Waals surface area contributed by atoms with Gasteiger partial charge in [-0.2, -0.15) is 0 Å². The Labute approximate surface area is 848 Å². The van der Waals surface area contributed by atoms with Crippen LogP contribution in [0.2, 0.25) is 0 Å². The van der Waals surface area contributed by atoms with Gasteiger partial charge in [0, 0.05) is 112 Å². The first-order chi connectivity index (χ1) is 71.5. The summed E-state index contributed by atoms with van der Waals surface area (Å²) in [6.07, 6.45) is 26.1. The van der Waals surface area contributed by atoms with E-state index in [1.807, 2.05) is 148 Å². The van der Waals surface area contributed by atoms with Crippen molar-refractivity contribution in [1.82, 2.24) is 64.8 Å². The standard InChI is InChI=1S/2C25H23FN4O2.2C23H18FN3O.C22H17FN4O/c2*1-14(8-16-12-28-15(2)29-13-16)17-4-6-20-21(11-24(25(27)31)30-23(20)9-17)19-7-5-18(32-3)10-22(19)26;24-18-6-4-17(5-7-18)20-14-22(23(25)28)27-21-13-16(3-8-19(20)21)2-1-15-9-11-26-12-10-15;24-18-8-6-17(7-9-18)20-13-22(23(25)28)27-21-12-15(5-10-19(20)21)3-4-16-2-1-11-26-14-16;23-17-6-4-16(5-7-17)19-10-21(22(24)28)27-20-9-14(3-8-18(19)20)1-2-15-11-25-13-26-12-15/h2*4-7,9-14H,8H2,1-3H3,(H2,27,31);3-14H,1-2H2,(H2,25,28);1-2,5-14H,3-4H2,(H2,25,28);3-13H,1-2H2,(H2,24,28). The lowest BCUT2D eigenvalue weighted by atomic mass is 9.92. The van der Waals surface area contributed by atoms with Crippen LogP contribution in [0.3, 0.4) is 0 Å². The Morgan fingerprint density at radius 3 is 0.926 bits per heavy atom. The summed E-state index contributed by atoms with van der Waals surface area (Å²) in [5.41, 5.74) is 48.9. The van der Waals surface area contributed by atoms with Gasteiger partial charge in [-0.15, -0.1) is 0 Å². The molecular weight excluding hydrogens is 1880 g/mol. The molecule has 2 atom stereocenters. The van der Waals surface area contributed by atoms with Crippen molar-refractivity contribution in [2.75, 3.05) is 14.2 Å². The lowest BCUT2D eigenvalue weighted by Crippen LogP contribution is -2.13. The zero-order chi connectivity index (χ0) is 104. The first kappa shape index (κ1) is 102. The minimum Gasteiger partial charge on any atom is -0.497 e. The van der Waals surface area contributed by atoms with E-state index < -0.39 is 41.2 Å². The van der Waals surface area contributed by atoms with Crippen LogP contribution in [0.5, 0.6) is 11.5 Å². The Hall–Kier alpha value is -18.6. The van der Waals surface area contributed by atoms with E-state index in [4.69, 9.17) is 38.1 Å². The number of rotatable bonds is 27. The predicted octanol–water partition coefficient (Wildman–Crippen LogP) is 21.5. The molecular formula is C118H99F5N18O7. The van der Waals surface area contributed by atoms with Crippen LogP contribution >= 0.6 is 0 Å². The number of primary amides is 5. The van der Waals surface area contributed by atoms with E-state index in [0.717, 1.165) is 173 Å². The number of aryl methyl sites for hydroxylation is 8. The number of carbonyl (C=O) groups is 5. The van der Waals surface area contributed by atoms with Gasteiger partial charge in [-0.25, -0.2) is 76.8 Å². The molecule has 148 heavy (non-hydrogen) atoms. The minimum absolute atomic E-state index is 0.0828. The average molecular weight is 1980 g/mol. The molecule has 30 heteroatoms. The summed E-state index contributed by atoms with van der Waals surface area (Å²) < 4.78 is 79.8. The fraction of sp³-hybridized carbons (Fsp3) is 0.136. The van der Waals surface area contributed by atoms with Crippen LogP contribution in [-0.2, 0) is 51.4 Å². The molecule has 0 saturated heterocycles. The van der Waals surface area contributed by atoms with Crippen molar-refractivity contribution < 1.29 is 55.4 Å². The molecule has 0 radical (unpaired) electrons. The molecule has 0 aliphatic rings. The zero-order valence-electron chi connectivity index (χ0n) is 81.4. The molecule has 738 valence electrons. The summed E-state index contributed by atoms with van der Waals surface area (Å²) in [6, 6.07) is 73.4. The van der Waals surface area contributed by atoms with E-state index in [1.54, 1.807) is 110 Å². The van der Waals surface area contributed by atoms with Gasteiger partial charge in [-0.05, 0) is 317 Å². The van der Waals surface area contributed by atoms with Crippen LogP contribution in [0.4, 0.5) is 22.0 Å². The summed E-state index contributed by atoms with van der Waals surface area (Å²) >= 11 is 0. The van der Waals surface area contributed by atoms with Crippen molar-refractivity contribution in [2.24, 2.45) is 28.7 Å². The number of hydrogen-bond acceptors (Lipinski definition) is 20. The lowest BCUT2D eigenvalue weighted by molar-refractivity contribution is 0.0987. The number of halogens is 5. The highest BCUT2D eigenvalue weighted by Gasteiger charge is 2.23. The van der Waals surface area contributed by atoms with Crippen molar-refractivity contribution in [3.8, 4) is 67.1 Å². The van der Waals surface area contributed by atoms with Crippen molar-refractivity contribution in [1.29, 1.82) is 0 Å². The Morgan fingerprint density at radius 2 is 0.595 bits per heavy atom. The summed E-state index contributed by atoms with van der Waals surface area (Å²) in [4.78, 5) is 115. The summed E-state index contributed by atoms with van der Waals surface area (Å²) in [5, 5.41) is 4.12. The second-order valence-corrected chi connectivity index (χ2v) is 35.4. The molecule has 25 nitrogen and oxygen atoms in total. The van der Waals surface area contributed by atoms with Crippen molar-refractivity contribution >= 4 is 84.1 Å². The van der Waals surface area contributed by atoms with Gasteiger partial charge in [0.2, 0.25) is 0 Å². The van der Waals surface area contributed by atoms with Crippen molar-refractivity contribution in [3.63, 3.8) is 0 Å². The first-order valence-electron chi connectivity index (χ1n) is 47.2. The number of methoxy groups -OCH3 is 2. The van der Waals surface area contributed by atoms with Crippen LogP contribution in [-0.4, -0.2) is 109 Å². The maximum Gasteiger partial charge on any atom is 0.267 e. The Bertz CT molecular complexity index is 7640. The minimum atomic E-state index is -0.669. The second kappa shape index (κ2) is 47.1. The van der Waals surface area contributed by atoms with Crippen LogP contribution in [0.1, 0.15) is 145 Å². The molecule has 10 aromatic carbocycles. The molecule has 0 aliphatic heterocycles. The van der Waals surface area contributed by atoms with Crippen LogP contribution in [0.25, 0.3) is 110 Å². The van der Waals surface area contributed by atoms with Crippen molar-refractivity contribution in [3.05, 3.63) is 448 Å². The Morgan fingerprint density at radius 1 is 0.284 bits per heavy atom. The van der Waals surface area contributed by atoms with Gasteiger partial charge in [0.15, 0.2) is 0 Å². The van der Waals surface area contributed by atoms with Gasteiger partial charge in [-0.3, -0.25) is 33.9 Å². The molecule has 10 heterocycles. The molecule has 0 fully saturated rings. The normalized spacial score (nSPS) is 11.4. The SMILES string of the molecule is COc1ccc(-c2cc(C(N)=O)nc3cc(C(C)Cc4cnc(C)nc4)ccc23)c(F)c1.COc1ccc(-c2cc(C(N)=O)nc3cc(C(C)Cc4cnc(C)nc4)ccc23)c(F)c1.NC(=O)c1cc(-c2ccc(F)cc2)c2ccc(CCc3cccnc3)cc2n1.NC(=O)c1cc(-c2ccc(F)cc2)c2ccc(CCc3ccncc3)cc2n1.NC(=O)c1cc(-c2ccc(F)cc2)c2ccc(CCc3cncnc3)cc2n1. The maximum atomic E-state index is 14.8. The molecule has 0 spiro atoms. The number of amides is 5. The molecule has 2 unspecified atom stereocenters. The van der Waals surface area contributed by atoms with E-state index in [9.17, 15) is 45.9 Å². The molecule has 10 N–H and O–H groups in total. The highest BCUT2D eigenvalue weighted by molar-refractivity contribution is 6.06. The highest BCUT2D eigenvalue weighted by Crippen LogP contribution is 2.40. The number of pyridine rings is 7. The summed E-state index contributed by atoms with van der Waals surface area (Å²) in [6.45, 7) is 7.90. The third-order valence-electron chi connectivity index (χ3n) is 25.0. The number of ether oxygens (including phenoxy) is 2. The molecule has 0 bridgehead atoms. The summed E-state index contributed by atoms with van der Waals surface area (Å²) in [7, 11) is 2.96. The van der Waals surface area contributed by atoms with Gasteiger partial charge in [0.05, 0.1) is 41.8 Å². The van der Waals surface area contributed by atoms with Gasteiger partial charge < -0.3 is 38.1 Å². The van der Waals surface area contributed by atoms with Crippen LogP contribution in [0.15, 0.2) is 323 Å². The second-order valence-electron chi connectivity index (χ2n) is 35.4. The maximum absolute atomic E-state index is 14.8. The topological polar surface area (TPSA) is 401 Å². The Balaban J connectivity index is 0.000000132. The van der Waals surface area contributed by atoms with Gasteiger partial charge in [0.1, 0.15) is 87.0 Å². The third kappa shape index (κ3) is 25.7. The van der Waals surface area contributed by atoms with E-state index >= 15 is 0 Å². The monoisotopic (exact) mass is 1970 g/mol. The van der Waals surface area contributed by atoms with E-state index in [-0.39, 0.29) is 57.8 Å². The van der Waals surface area contributed by atoms with Crippen LogP contribution < -0.4 is 38.1 Å². The largest absolute Gasteiger partial charge is 0.497 e. The smallest absolute Gasteiger partial charge is 0.267 e. The molecule has 20 rings (SSSR count). The molecule has 20 aromatic rings. The number of carbonyl (C=O) groups excluding carboxylic acids is 5. The fourth-order valence-electron chi connectivity index (χ4n) is 17.2. The first-order valence-corrected chi connectivity index (χ1v) is 47.2. The van der Waals surface area contributed by atoms with E-state index in [1.165, 1.54) is 86.8 Å². The summed E-state index contributed by atoms with van der Waals surface area (Å²) in [5.74, 6) is -2.36. The van der Waals surface area contributed by atoms with E-state index in [2.05, 4.69) is 90.8 Å². The number of hydrogen-bond donors (Lipinski definition) is 5. The molecule has 0 aliphatic carbocycles. The Kier molecular flexibility index (Phi) is 32.5. The zero-order valence-corrected chi connectivity index (χ0v) is 81.4. The van der Waals surface area contributed by atoms with Gasteiger partial charge in [0.25, 0.3) is 29.5 Å². The number of nitrogens with zero attached hydrogens (tertiary/aromatic N) is 13. The van der Waals surface area contributed by atoms with Gasteiger partial charge in [-0.1, -0.05) is 117 Å². The number of fused-ring (bicyclic) bond motifs is 5. The molecule has 5 amide bonds. The highest BCUT2D eigenvalue weighted by atomic mass is 19.1. The fourth-order valence-corrected chi connectivity index (χ4v) is 17.2. The third-order valence-corrected chi connectivity index (χ3v) is 25.0. The predicted molar refractivity (Wildman–Crippen MR) is 562 cm³/mol. The molecule has 0 saturated carbocycles. The number of benzene rings is 10. The van der Waals surface area contributed by atoms with Gasteiger partial charge >= 0.3 is 0 Å². The quantitative estimate of drug-likeness (QED) is 0.0299. The number of aromatic nitrogens is 13. The lowest BCUT2D eigenvalue weighted by Gasteiger charge is -2.15. The average Bonchev–Trinajstić information content (AvgIpc) is 0.785. The van der Waals surface area contributed by atoms with Crippen LogP contribution in [0, 0.1) is 42.9 Å². The molecule has 10 aromatic heterocycles.